The van der Waals surface area contributed by atoms with Gasteiger partial charge in [0, 0.05) is 31.8 Å². The minimum atomic E-state index is -0.248. The van der Waals surface area contributed by atoms with Crippen molar-refractivity contribution < 1.29 is 14.6 Å². The fourth-order valence-corrected chi connectivity index (χ4v) is 4.07. The molecule has 26 heavy (non-hydrogen) atoms. The van der Waals surface area contributed by atoms with Gasteiger partial charge in [-0.2, -0.15) is 0 Å². The molecule has 1 aliphatic carbocycles. The second-order valence-corrected chi connectivity index (χ2v) is 7.16. The number of carbonyl (C=O) groups excluding carboxylic acids is 1. The number of nitrogens with zero attached hydrogens (tertiary/aromatic N) is 1. The van der Waals surface area contributed by atoms with Crippen molar-refractivity contribution in [1.29, 1.82) is 0 Å². The van der Waals surface area contributed by atoms with E-state index in [9.17, 15) is 9.90 Å². The molecule has 3 unspecified atom stereocenters. The van der Waals surface area contributed by atoms with Crippen molar-refractivity contribution in [3.8, 4) is 5.75 Å². The second-order valence-electron chi connectivity index (χ2n) is 7.16. The zero-order valence-corrected chi connectivity index (χ0v) is 14.9. The van der Waals surface area contributed by atoms with Gasteiger partial charge in [-0.1, -0.05) is 30.3 Å². The number of aliphatic hydroxyl groups excluding tert-OH is 1. The summed E-state index contributed by atoms with van der Waals surface area (Å²) < 4.78 is 6.41. The van der Waals surface area contributed by atoms with Crippen molar-refractivity contribution >= 4 is 11.6 Å². The predicted octanol–water partition coefficient (Wildman–Crippen LogP) is 2.76. The van der Waals surface area contributed by atoms with Crippen molar-refractivity contribution in [2.75, 3.05) is 18.4 Å². The van der Waals surface area contributed by atoms with E-state index < -0.39 is 0 Å². The van der Waals surface area contributed by atoms with Crippen LogP contribution in [0.25, 0.3) is 0 Å². The van der Waals surface area contributed by atoms with E-state index in [-0.39, 0.29) is 24.2 Å². The molecule has 0 spiro atoms. The molecule has 5 nitrogen and oxygen atoms in total. The highest BCUT2D eigenvalue weighted by atomic mass is 16.5. The summed E-state index contributed by atoms with van der Waals surface area (Å²) >= 11 is 0. The predicted molar refractivity (Wildman–Crippen MR) is 100 cm³/mol. The van der Waals surface area contributed by atoms with Crippen LogP contribution in [-0.4, -0.2) is 41.1 Å². The Morgan fingerprint density at radius 2 is 2.08 bits per heavy atom. The number of ether oxygens (including phenoxy) is 1. The average molecular weight is 352 g/mol. The number of nitrogens with one attached hydrogen (secondary N) is 1. The number of rotatable bonds is 4. The van der Waals surface area contributed by atoms with Crippen molar-refractivity contribution in [2.24, 2.45) is 0 Å². The van der Waals surface area contributed by atoms with Gasteiger partial charge in [0.2, 0.25) is 5.91 Å². The molecule has 5 heteroatoms. The molecule has 1 amide bonds. The molecule has 0 radical (unpaired) electrons. The lowest BCUT2D eigenvalue weighted by Crippen LogP contribution is -2.39. The van der Waals surface area contributed by atoms with Gasteiger partial charge in [0.25, 0.3) is 0 Å². The molecule has 2 N–H and O–H groups in total. The van der Waals surface area contributed by atoms with Gasteiger partial charge in [-0.05, 0) is 36.1 Å². The van der Waals surface area contributed by atoms with Crippen LogP contribution in [-0.2, 0) is 11.2 Å². The summed E-state index contributed by atoms with van der Waals surface area (Å²) in [6, 6.07) is 16.1. The maximum absolute atomic E-state index is 11.3. The molecule has 1 aliphatic heterocycles. The van der Waals surface area contributed by atoms with Gasteiger partial charge in [0.15, 0.2) is 0 Å². The Labute approximate surface area is 153 Å². The molecule has 0 bridgehead atoms. The minimum Gasteiger partial charge on any atom is -0.484 e. The summed E-state index contributed by atoms with van der Waals surface area (Å²) in [6.45, 7) is 3.09. The molecule has 2 aliphatic rings. The molecule has 2 aromatic carbocycles. The number of hydrogen-bond acceptors (Lipinski definition) is 4. The number of carbonyl (C=O) groups is 1. The highest BCUT2D eigenvalue weighted by Gasteiger charge is 2.40. The topological polar surface area (TPSA) is 61.8 Å². The molecule has 4 rings (SSSR count). The summed E-state index contributed by atoms with van der Waals surface area (Å²) in [7, 11) is 0. The van der Waals surface area contributed by atoms with Gasteiger partial charge in [-0.15, -0.1) is 0 Å². The first-order chi connectivity index (χ1) is 12.6. The molecule has 3 atom stereocenters. The van der Waals surface area contributed by atoms with Gasteiger partial charge in [0.05, 0.1) is 12.1 Å². The lowest BCUT2D eigenvalue weighted by molar-refractivity contribution is -0.114. The number of benzene rings is 2. The van der Waals surface area contributed by atoms with Crippen LogP contribution in [0.3, 0.4) is 0 Å². The first-order valence-corrected chi connectivity index (χ1v) is 9.14. The molecule has 1 heterocycles. The normalized spacial score (nSPS) is 25.1. The number of fused-ring (bicyclic) bond motifs is 1. The van der Waals surface area contributed by atoms with Crippen LogP contribution in [0.4, 0.5) is 5.69 Å². The third-order valence-electron chi connectivity index (χ3n) is 5.22. The first-order valence-electron chi connectivity index (χ1n) is 9.14. The first kappa shape index (κ1) is 17.1. The average Bonchev–Trinajstić information content (AvgIpc) is 3.19. The third kappa shape index (κ3) is 3.45. The lowest BCUT2D eigenvalue weighted by Gasteiger charge is -2.30. The fraction of sp³-hybridized carbons (Fsp3) is 0.381. The second kappa shape index (κ2) is 7.09. The van der Waals surface area contributed by atoms with E-state index in [0.717, 1.165) is 30.8 Å². The number of anilines is 1. The summed E-state index contributed by atoms with van der Waals surface area (Å²) in [5.74, 6) is 0.639. The molecule has 0 aromatic heterocycles. The van der Waals surface area contributed by atoms with Crippen LogP contribution in [0.2, 0.25) is 0 Å². The standard InChI is InChI=1S/C21H24N2O3/c1-14(24)22-16-6-4-7-18(12-16)26-21-19-8-3-2-5-15(19)11-20(21)23-10-9-17(25)13-23/h2-8,12,17,20-21,25H,9-11,13H2,1H3,(H,22,24). The monoisotopic (exact) mass is 352 g/mol. The Morgan fingerprint density at radius 1 is 1.23 bits per heavy atom. The largest absolute Gasteiger partial charge is 0.484 e. The molecule has 1 fully saturated rings. The number of hydrogen-bond donors (Lipinski definition) is 2. The molecular formula is C21H24N2O3. The highest BCUT2D eigenvalue weighted by molar-refractivity contribution is 5.88. The van der Waals surface area contributed by atoms with Crippen molar-refractivity contribution in [2.45, 2.75) is 38.0 Å². The summed E-state index contributed by atoms with van der Waals surface area (Å²) in [5.41, 5.74) is 3.25. The minimum absolute atomic E-state index is 0.0796. The molecule has 136 valence electrons. The van der Waals surface area contributed by atoms with Gasteiger partial charge in [0.1, 0.15) is 11.9 Å². The zero-order valence-electron chi connectivity index (χ0n) is 14.9. The van der Waals surface area contributed by atoms with E-state index in [2.05, 4.69) is 28.4 Å². The summed E-state index contributed by atoms with van der Waals surface area (Å²) in [5, 5.41) is 12.7. The molecular weight excluding hydrogens is 328 g/mol. The highest BCUT2D eigenvalue weighted by Crippen LogP contribution is 2.39. The van der Waals surface area contributed by atoms with Crippen molar-refractivity contribution in [3.63, 3.8) is 0 Å². The maximum Gasteiger partial charge on any atom is 0.221 e. The van der Waals surface area contributed by atoms with Crippen molar-refractivity contribution in [1.82, 2.24) is 4.90 Å². The SMILES string of the molecule is CC(=O)Nc1cccc(OC2c3ccccc3CC2N2CCC(O)C2)c1. The quantitative estimate of drug-likeness (QED) is 0.888. The Balaban J connectivity index is 1.60. The smallest absolute Gasteiger partial charge is 0.221 e. The lowest BCUT2D eigenvalue weighted by atomic mass is 10.1. The van der Waals surface area contributed by atoms with E-state index in [1.807, 2.05) is 30.3 Å². The van der Waals surface area contributed by atoms with Crippen LogP contribution in [0.15, 0.2) is 48.5 Å². The van der Waals surface area contributed by atoms with E-state index in [1.165, 1.54) is 18.1 Å². The van der Waals surface area contributed by atoms with E-state index in [1.54, 1.807) is 0 Å². The summed E-state index contributed by atoms with van der Waals surface area (Å²) in [6.07, 6.45) is 1.42. The van der Waals surface area contributed by atoms with Gasteiger partial charge < -0.3 is 15.2 Å². The van der Waals surface area contributed by atoms with E-state index in [0.29, 0.717) is 6.54 Å². The zero-order chi connectivity index (χ0) is 18.1. The van der Waals surface area contributed by atoms with Crippen LogP contribution in [0.5, 0.6) is 5.75 Å². The van der Waals surface area contributed by atoms with Gasteiger partial charge in [-0.25, -0.2) is 0 Å². The number of β-amino-alcohol motifs (C(OH)–C–C–N with tert-alkyl or cyclic N) is 1. The number of aliphatic hydroxyl groups is 1. The Hall–Kier alpha value is -2.37. The fourth-order valence-electron chi connectivity index (χ4n) is 4.07. The van der Waals surface area contributed by atoms with Crippen molar-refractivity contribution in [3.05, 3.63) is 59.7 Å². The van der Waals surface area contributed by atoms with Crippen LogP contribution in [0.1, 0.15) is 30.6 Å². The Bertz CT molecular complexity index is 807. The van der Waals surface area contributed by atoms with Gasteiger partial charge >= 0.3 is 0 Å². The molecule has 0 saturated carbocycles. The molecule has 2 aromatic rings. The number of amides is 1. The maximum atomic E-state index is 11.3. The van der Waals surface area contributed by atoms with Crippen LogP contribution < -0.4 is 10.1 Å². The molecule has 1 saturated heterocycles. The Kier molecular flexibility index (Phi) is 4.66. The third-order valence-corrected chi connectivity index (χ3v) is 5.22. The number of likely N-dealkylation sites (tertiary alicyclic amines) is 1. The van der Waals surface area contributed by atoms with Crippen LogP contribution >= 0.6 is 0 Å². The van der Waals surface area contributed by atoms with Crippen LogP contribution in [0, 0.1) is 0 Å². The Morgan fingerprint density at radius 3 is 2.85 bits per heavy atom. The summed E-state index contributed by atoms with van der Waals surface area (Å²) in [4.78, 5) is 13.6. The van der Waals surface area contributed by atoms with E-state index in [4.69, 9.17) is 4.74 Å². The van der Waals surface area contributed by atoms with Gasteiger partial charge in [-0.3, -0.25) is 9.69 Å². The van der Waals surface area contributed by atoms with E-state index >= 15 is 0 Å².